The molecule has 0 aliphatic heterocycles. The molecule has 0 aliphatic carbocycles. The molecule has 0 saturated heterocycles. The number of nitrogens with zero attached hydrogens (tertiary/aromatic N) is 1. The number of amides is 1. The third kappa shape index (κ3) is 4.98. The third-order valence-electron chi connectivity index (χ3n) is 4.37. The Balaban J connectivity index is 3.51. The fourth-order valence-corrected chi connectivity index (χ4v) is 9.65. The van der Waals surface area contributed by atoms with Crippen LogP contribution in [0.1, 0.15) is 46.6 Å². The Morgan fingerprint density at radius 3 is 2.16 bits per heavy atom. The predicted octanol–water partition coefficient (Wildman–Crippen LogP) is 2.76. The summed E-state index contributed by atoms with van der Waals surface area (Å²) in [6.45, 7) is 9.54. The van der Waals surface area contributed by atoms with Crippen molar-refractivity contribution in [2.75, 3.05) is 0 Å². The molecule has 1 aromatic carbocycles. The van der Waals surface area contributed by atoms with Gasteiger partial charge in [0.25, 0.3) is 0 Å². The van der Waals surface area contributed by atoms with Gasteiger partial charge in [-0.25, -0.2) is 0 Å². The number of carbonyl (C=O) groups excluding carboxylic acids is 1. The van der Waals surface area contributed by atoms with Crippen LogP contribution in [0.3, 0.4) is 0 Å². The fourth-order valence-electron chi connectivity index (χ4n) is 2.71. The topological polar surface area (TPSA) is 80.5 Å². The first-order valence-electron chi connectivity index (χ1n) is 8.59. The standard InChI is InChI=1S/C15H23N2O3S.3CH3.Sn/c1-6-14(18)17(16)11(2)21(19,20)13-9-7-12(8-10-13)15(3,4)5;;;;/h7,9-11H,6,16H2,1-5H3;3*1H3;. The summed E-state index contributed by atoms with van der Waals surface area (Å²) >= 11 is -2.56. The van der Waals surface area contributed by atoms with Gasteiger partial charge in [-0.15, -0.1) is 0 Å². The Morgan fingerprint density at radius 1 is 1.24 bits per heavy atom. The van der Waals surface area contributed by atoms with E-state index in [2.05, 4.69) is 35.6 Å². The first-order valence-corrected chi connectivity index (χ1v) is 20.1. The van der Waals surface area contributed by atoms with Gasteiger partial charge in [-0.2, -0.15) is 0 Å². The summed E-state index contributed by atoms with van der Waals surface area (Å²) in [6, 6.07) is 5.41. The number of hydrogen-bond donors (Lipinski definition) is 1. The van der Waals surface area contributed by atoms with E-state index in [0.29, 0.717) is 0 Å². The van der Waals surface area contributed by atoms with Crippen molar-refractivity contribution >= 4 is 37.7 Å². The Bertz CT molecular complexity index is 747. The molecule has 2 N–H and O–H groups in total. The van der Waals surface area contributed by atoms with Gasteiger partial charge in [0.05, 0.1) is 0 Å². The molecule has 0 saturated carbocycles. The van der Waals surface area contributed by atoms with Crippen molar-refractivity contribution in [3.8, 4) is 0 Å². The van der Waals surface area contributed by atoms with Crippen LogP contribution in [-0.4, -0.2) is 43.1 Å². The van der Waals surface area contributed by atoms with E-state index in [1.165, 1.54) is 16.1 Å². The number of carbonyl (C=O) groups is 1. The SMILES string of the molecule is CCC(=O)N(N)C(C)S(=O)(=O)c1ccc(C(C)(C)C)[c]([Sn]([CH3])([CH3])[CH3])c1. The van der Waals surface area contributed by atoms with E-state index >= 15 is 0 Å². The van der Waals surface area contributed by atoms with Gasteiger partial charge < -0.3 is 0 Å². The summed E-state index contributed by atoms with van der Waals surface area (Å²) in [5.74, 6) is 5.34. The van der Waals surface area contributed by atoms with Crippen LogP contribution in [0.15, 0.2) is 23.1 Å². The molecule has 1 unspecified atom stereocenters. The number of hydrogen-bond acceptors (Lipinski definition) is 4. The number of nitrogens with two attached hydrogens (primary N) is 1. The number of hydrazine groups is 1. The Labute approximate surface area is 156 Å². The second kappa shape index (κ2) is 7.56. The van der Waals surface area contributed by atoms with Crippen LogP contribution in [-0.2, 0) is 20.0 Å². The van der Waals surface area contributed by atoms with Crippen LogP contribution in [0, 0.1) is 0 Å². The van der Waals surface area contributed by atoms with Crippen molar-refractivity contribution in [1.82, 2.24) is 5.01 Å². The van der Waals surface area contributed by atoms with Crippen LogP contribution in [0.5, 0.6) is 0 Å². The van der Waals surface area contributed by atoms with Crippen molar-refractivity contribution in [3.05, 3.63) is 23.8 Å². The normalized spacial score (nSPS) is 14.3. The molecule has 0 heterocycles. The summed E-state index contributed by atoms with van der Waals surface area (Å²) in [6.07, 6.45) is 0.170. The van der Waals surface area contributed by atoms with Crippen LogP contribution in [0.25, 0.3) is 0 Å². The van der Waals surface area contributed by atoms with E-state index in [1.54, 1.807) is 13.0 Å². The molecule has 0 aliphatic rings. The zero-order chi connectivity index (χ0) is 19.8. The maximum absolute atomic E-state index is 13.0. The van der Waals surface area contributed by atoms with E-state index in [0.717, 1.165) is 5.01 Å². The third-order valence-corrected chi connectivity index (χ3v) is 12.2. The summed E-state index contributed by atoms with van der Waals surface area (Å²) in [5.41, 5.74) is 1.16. The van der Waals surface area contributed by atoms with Gasteiger partial charge in [0, 0.05) is 0 Å². The van der Waals surface area contributed by atoms with Crippen LogP contribution >= 0.6 is 0 Å². The summed E-state index contributed by atoms with van der Waals surface area (Å²) in [5, 5.41) is -0.268. The van der Waals surface area contributed by atoms with Gasteiger partial charge in [0.2, 0.25) is 0 Å². The Kier molecular flexibility index (Phi) is 6.79. The summed E-state index contributed by atoms with van der Waals surface area (Å²) < 4.78 is 27.2. The van der Waals surface area contributed by atoms with Gasteiger partial charge >= 0.3 is 157 Å². The number of sulfone groups is 1. The summed E-state index contributed by atoms with van der Waals surface area (Å²) in [7, 11) is -3.72. The quantitative estimate of drug-likeness (QED) is 0.308. The van der Waals surface area contributed by atoms with Crippen molar-refractivity contribution in [1.29, 1.82) is 0 Å². The maximum atomic E-state index is 13.0. The fraction of sp³-hybridized carbons (Fsp3) is 0.611. The van der Waals surface area contributed by atoms with Crippen molar-refractivity contribution in [3.63, 3.8) is 0 Å². The predicted molar refractivity (Wildman–Crippen MR) is 106 cm³/mol. The molecule has 0 spiro atoms. The molecule has 0 radical (unpaired) electrons. The molecule has 0 fully saturated rings. The van der Waals surface area contributed by atoms with Crippen molar-refractivity contribution in [2.45, 2.75) is 71.5 Å². The first-order chi connectivity index (χ1) is 11.1. The molecule has 5 nitrogen and oxygen atoms in total. The van der Waals surface area contributed by atoms with Gasteiger partial charge in [0.15, 0.2) is 0 Å². The average Bonchev–Trinajstić information content (AvgIpc) is 2.50. The van der Waals surface area contributed by atoms with Crippen molar-refractivity contribution in [2.24, 2.45) is 5.84 Å². The van der Waals surface area contributed by atoms with Gasteiger partial charge in [-0.3, -0.25) is 0 Å². The molecule has 7 heteroatoms. The molecule has 1 rings (SSSR count). The van der Waals surface area contributed by atoms with Crippen LogP contribution < -0.4 is 9.42 Å². The minimum atomic E-state index is -3.72. The van der Waals surface area contributed by atoms with Gasteiger partial charge in [0.1, 0.15) is 0 Å². The Hall–Kier alpha value is -0.601. The van der Waals surface area contributed by atoms with E-state index in [1.807, 2.05) is 12.1 Å². The van der Waals surface area contributed by atoms with Crippen molar-refractivity contribution < 1.29 is 13.2 Å². The molecule has 0 aromatic heterocycles. The molecular formula is C18H32N2O3SSn. The molecular weight excluding hydrogens is 443 g/mol. The van der Waals surface area contributed by atoms with Gasteiger partial charge in [-0.05, 0) is 0 Å². The summed E-state index contributed by atoms with van der Waals surface area (Å²) in [4.78, 5) is 18.9. The molecule has 25 heavy (non-hydrogen) atoms. The molecule has 1 amide bonds. The van der Waals surface area contributed by atoms with E-state index in [-0.39, 0.29) is 16.7 Å². The first kappa shape index (κ1) is 22.4. The minimum absolute atomic E-state index is 0.0501. The monoisotopic (exact) mass is 476 g/mol. The molecule has 1 aromatic rings. The van der Waals surface area contributed by atoms with E-state index in [4.69, 9.17) is 5.84 Å². The molecule has 1 atom stereocenters. The number of rotatable bonds is 5. The number of benzene rings is 1. The molecule has 142 valence electrons. The van der Waals surface area contributed by atoms with E-state index < -0.39 is 39.5 Å². The van der Waals surface area contributed by atoms with E-state index in [9.17, 15) is 13.2 Å². The molecule has 0 bridgehead atoms. The Morgan fingerprint density at radius 2 is 1.76 bits per heavy atom. The van der Waals surface area contributed by atoms with Gasteiger partial charge in [-0.1, -0.05) is 0 Å². The van der Waals surface area contributed by atoms with Crippen LogP contribution in [0.2, 0.25) is 14.8 Å². The van der Waals surface area contributed by atoms with Crippen LogP contribution in [0.4, 0.5) is 0 Å². The zero-order valence-corrected chi connectivity index (χ0v) is 20.3. The second-order valence-electron chi connectivity index (χ2n) is 8.51. The second-order valence-corrected chi connectivity index (χ2v) is 25.1. The average molecular weight is 475 g/mol. The zero-order valence-electron chi connectivity index (χ0n) is 16.7.